The minimum Gasteiger partial charge on any atom is -0.497 e. The SMILES string of the molecule is COc1ccc(C(OC[C@@H](O)CN[C@@H](C)c2ccccc2)c2ccc(OC)cc2)cc1. The van der Waals surface area contributed by atoms with E-state index >= 15 is 0 Å². The lowest BCUT2D eigenvalue weighted by atomic mass is 10.0. The molecule has 2 atom stereocenters. The van der Waals surface area contributed by atoms with E-state index in [2.05, 4.69) is 24.4 Å². The number of rotatable bonds is 11. The standard InChI is InChI=1S/C26H31NO4/c1-19(20-7-5-4-6-8-20)27-17-23(28)18-31-26(21-9-13-24(29-2)14-10-21)22-11-15-25(30-3)16-12-22/h4-16,19,23,26-28H,17-18H2,1-3H3/t19-,23-/m0/s1. The van der Waals surface area contributed by atoms with E-state index in [0.29, 0.717) is 6.54 Å². The maximum atomic E-state index is 10.5. The molecule has 0 radical (unpaired) electrons. The summed E-state index contributed by atoms with van der Waals surface area (Å²) in [6.07, 6.45) is -0.942. The van der Waals surface area contributed by atoms with E-state index in [4.69, 9.17) is 14.2 Å². The molecule has 0 saturated carbocycles. The van der Waals surface area contributed by atoms with Gasteiger partial charge in [0.15, 0.2) is 0 Å². The van der Waals surface area contributed by atoms with Gasteiger partial charge in [0.1, 0.15) is 17.6 Å². The summed E-state index contributed by atoms with van der Waals surface area (Å²) in [5.74, 6) is 1.58. The zero-order valence-corrected chi connectivity index (χ0v) is 18.3. The fraction of sp³-hybridized carbons (Fsp3) is 0.308. The fourth-order valence-corrected chi connectivity index (χ4v) is 3.38. The Balaban J connectivity index is 1.64. The van der Waals surface area contributed by atoms with Gasteiger partial charge in [-0.3, -0.25) is 0 Å². The summed E-state index contributed by atoms with van der Waals surface area (Å²) in [5, 5.41) is 13.9. The molecule has 0 bridgehead atoms. The minimum absolute atomic E-state index is 0.148. The van der Waals surface area contributed by atoms with E-state index in [1.54, 1.807) is 14.2 Å². The van der Waals surface area contributed by atoms with Gasteiger partial charge in [0.2, 0.25) is 0 Å². The third kappa shape index (κ3) is 6.56. The number of hydrogen-bond donors (Lipinski definition) is 2. The average molecular weight is 422 g/mol. The van der Waals surface area contributed by atoms with Gasteiger partial charge in [-0.25, -0.2) is 0 Å². The second-order valence-corrected chi connectivity index (χ2v) is 7.45. The summed E-state index contributed by atoms with van der Waals surface area (Å²) in [6, 6.07) is 25.9. The van der Waals surface area contributed by atoms with Gasteiger partial charge in [0.25, 0.3) is 0 Å². The molecule has 0 fully saturated rings. The van der Waals surface area contributed by atoms with Crippen molar-refractivity contribution in [3.63, 3.8) is 0 Å². The lowest BCUT2D eigenvalue weighted by Gasteiger charge is -2.23. The Kier molecular flexibility index (Phi) is 8.47. The van der Waals surface area contributed by atoms with Gasteiger partial charge >= 0.3 is 0 Å². The quantitative estimate of drug-likeness (QED) is 0.477. The van der Waals surface area contributed by atoms with Crippen LogP contribution < -0.4 is 14.8 Å². The van der Waals surface area contributed by atoms with Gasteiger partial charge in [-0.05, 0) is 47.9 Å². The zero-order chi connectivity index (χ0) is 22.1. The van der Waals surface area contributed by atoms with Gasteiger partial charge in [-0.15, -0.1) is 0 Å². The normalized spacial score (nSPS) is 13.1. The summed E-state index contributed by atoms with van der Waals surface area (Å²) >= 11 is 0. The molecule has 3 aromatic carbocycles. The first-order chi connectivity index (χ1) is 15.1. The van der Waals surface area contributed by atoms with E-state index in [1.165, 1.54) is 5.56 Å². The van der Waals surface area contributed by atoms with E-state index in [-0.39, 0.29) is 18.8 Å². The first-order valence-corrected chi connectivity index (χ1v) is 10.5. The highest BCUT2D eigenvalue weighted by atomic mass is 16.5. The number of nitrogens with one attached hydrogen (secondary N) is 1. The van der Waals surface area contributed by atoms with Crippen molar-refractivity contribution in [2.24, 2.45) is 0 Å². The van der Waals surface area contributed by atoms with E-state index in [9.17, 15) is 5.11 Å². The maximum Gasteiger partial charge on any atom is 0.118 e. The highest BCUT2D eigenvalue weighted by Crippen LogP contribution is 2.29. The smallest absolute Gasteiger partial charge is 0.118 e. The predicted octanol–water partition coefficient (Wildman–Crippen LogP) is 4.52. The molecule has 0 aliphatic rings. The first-order valence-electron chi connectivity index (χ1n) is 10.5. The molecular formula is C26H31NO4. The Labute approximate surface area is 184 Å². The summed E-state index contributed by atoms with van der Waals surface area (Å²) < 4.78 is 16.7. The number of benzene rings is 3. The maximum absolute atomic E-state index is 10.5. The van der Waals surface area contributed by atoms with Crippen LogP contribution in [0, 0.1) is 0 Å². The molecule has 5 heteroatoms. The molecule has 3 aromatic rings. The molecule has 0 spiro atoms. The molecule has 0 amide bonds. The molecular weight excluding hydrogens is 390 g/mol. The molecule has 0 aliphatic heterocycles. The van der Waals surface area contributed by atoms with Gasteiger partial charge in [-0.1, -0.05) is 54.6 Å². The largest absolute Gasteiger partial charge is 0.497 e. The second-order valence-electron chi connectivity index (χ2n) is 7.45. The molecule has 0 aromatic heterocycles. The van der Waals surface area contributed by atoms with Crippen LogP contribution in [0.2, 0.25) is 0 Å². The molecule has 0 heterocycles. The molecule has 0 saturated heterocycles. The van der Waals surface area contributed by atoms with E-state index < -0.39 is 6.10 Å². The third-order valence-corrected chi connectivity index (χ3v) is 5.25. The minimum atomic E-state index is -0.634. The van der Waals surface area contributed by atoms with Crippen LogP contribution in [0.25, 0.3) is 0 Å². The highest BCUT2D eigenvalue weighted by molar-refractivity contribution is 5.36. The predicted molar refractivity (Wildman–Crippen MR) is 123 cm³/mol. The number of methoxy groups -OCH3 is 2. The number of hydrogen-bond acceptors (Lipinski definition) is 5. The van der Waals surface area contributed by atoms with Crippen LogP contribution in [0.3, 0.4) is 0 Å². The Morgan fingerprint density at radius 1 is 0.742 bits per heavy atom. The fourth-order valence-electron chi connectivity index (χ4n) is 3.38. The van der Waals surface area contributed by atoms with Crippen molar-refractivity contribution in [3.8, 4) is 11.5 Å². The average Bonchev–Trinajstić information content (AvgIpc) is 2.84. The second kappa shape index (κ2) is 11.5. The summed E-state index contributed by atoms with van der Waals surface area (Å²) in [5.41, 5.74) is 3.16. The van der Waals surface area contributed by atoms with Crippen molar-refractivity contribution in [1.82, 2.24) is 5.32 Å². The van der Waals surface area contributed by atoms with Crippen molar-refractivity contribution < 1.29 is 19.3 Å². The number of aliphatic hydroxyl groups excluding tert-OH is 1. The van der Waals surface area contributed by atoms with Crippen LogP contribution in [-0.4, -0.2) is 38.6 Å². The summed E-state index contributed by atoms with van der Waals surface area (Å²) in [6.45, 7) is 2.73. The molecule has 31 heavy (non-hydrogen) atoms. The summed E-state index contributed by atoms with van der Waals surface area (Å²) in [7, 11) is 3.29. The van der Waals surface area contributed by atoms with Crippen LogP contribution in [0.5, 0.6) is 11.5 Å². The van der Waals surface area contributed by atoms with Gasteiger partial charge in [0.05, 0.1) is 26.9 Å². The zero-order valence-electron chi connectivity index (χ0n) is 18.3. The van der Waals surface area contributed by atoms with E-state index in [1.807, 2.05) is 66.7 Å². The Bertz CT molecular complexity index is 849. The molecule has 3 rings (SSSR count). The van der Waals surface area contributed by atoms with Crippen LogP contribution in [0.15, 0.2) is 78.9 Å². The summed E-state index contributed by atoms with van der Waals surface area (Å²) in [4.78, 5) is 0. The van der Waals surface area contributed by atoms with Crippen molar-refractivity contribution in [2.45, 2.75) is 25.2 Å². The number of ether oxygens (including phenoxy) is 3. The molecule has 5 nitrogen and oxygen atoms in total. The highest BCUT2D eigenvalue weighted by Gasteiger charge is 2.18. The Morgan fingerprint density at radius 2 is 1.26 bits per heavy atom. The molecule has 164 valence electrons. The lowest BCUT2D eigenvalue weighted by Crippen LogP contribution is -2.32. The molecule has 2 N–H and O–H groups in total. The van der Waals surface area contributed by atoms with Crippen molar-refractivity contribution in [1.29, 1.82) is 0 Å². The monoisotopic (exact) mass is 421 g/mol. The van der Waals surface area contributed by atoms with Crippen LogP contribution >= 0.6 is 0 Å². The lowest BCUT2D eigenvalue weighted by molar-refractivity contribution is 0.00575. The topological polar surface area (TPSA) is 60.0 Å². The van der Waals surface area contributed by atoms with Gasteiger partial charge < -0.3 is 24.6 Å². The third-order valence-electron chi connectivity index (χ3n) is 5.25. The van der Waals surface area contributed by atoms with Crippen LogP contribution in [-0.2, 0) is 4.74 Å². The van der Waals surface area contributed by atoms with E-state index in [0.717, 1.165) is 22.6 Å². The van der Waals surface area contributed by atoms with Gasteiger partial charge in [-0.2, -0.15) is 0 Å². The van der Waals surface area contributed by atoms with Crippen molar-refractivity contribution in [2.75, 3.05) is 27.4 Å². The first kappa shape index (κ1) is 22.8. The molecule has 0 aliphatic carbocycles. The number of aliphatic hydroxyl groups is 1. The van der Waals surface area contributed by atoms with Crippen LogP contribution in [0.1, 0.15) is 35.8 Å². The van der Waals surface area contributed by atoms with Crippen molar-refractivity contribution in [3.05, 3.63) is 95.6 Å². The molecule has 0 unspecified atom stereocenters. The Morgan fingerprint density at radius 3 is 1.74 bits per heavy atom. The van der Waals surface area contributed by atoms with Crippen molar-refractivity contribution >= 4 is 0 Å². The van der Waals surface area contributed by atoms with Gasteiger partial charge in [0, 0.05) is 12.6 Å². The van der Waals surface area contributed by atoms with Crippen LogP contribution in [0.4, 0.5) is 0 Å². The Hall–Kier alpha value is -2.86.